The van der Waals surface area contributed by atoms with Crippen LogP contribution < -0.4 is 4.74 Å². The molecule has 1 amide bonds. The minimum Gasteiger partial charge on any atom is -0.496 e. The quantitative estimate of drug-likeness (QED) is 0.894. The summed E-state index contributed by atoms with van der Waals surface area (Å²) in [7, 11) is 1.63. The number of carbonyl (C=O) groups is 1. The Bertz CT molecular complexity index is 746. The van der Waals surface area contributed by atoms with Gasteiger partial charge in [0.1, 0.15) is 5.75 Å². The maximum absolute atomic E-state index is 12.8. The number of ether oxygens (including phenoxy) is 1. The maximum Gasteiger partial charge on any atom is 0.253 e. The Morgan fingerprint density at radius 2 is 2.04 bits per heavy atom. The van der Waals surface area contributed by atoms with Crippen molar-refractivity contribution < 1.29 is 19.7 Å². The van der Waals surface area contributed by atoms with Gasteiger partial charge in [0.15, 0.2) is 0 Å². The van der Waals surface area contributed by atoms with E-state index in [1.807, 2.05) is 42.5 Å². The number of aliphatic hydroxyl groups is 2. The molecule has 0 unspecified atom stereocenters. The van der Waals surface area contributed by atoms with Crippen molar-refractivity contribution in [2.75, 3.05) is 26.8 Å². The number of benzene rings is 2. The van der Waals surface area contributed by atoms with Gasteiger partial charge in [0.05, 0.1) is 13.2 Å². The van der Waals surface area contributed by atoms with Crippen LogP contribution in [-0.4, -0.2) is 53.9 Å². The van der Waals surface area contributed by atoms with Gasteiger partial charge >= 0.3 is 0 Å². The van der Waals surface area contributed by atoms with Crippen LogP contribution in [0.25, 0.3) is 11.1 Å². The fourth-order valence-electron chi connectivity index (χ4n) is 3.26. The van der Waals surface area contributed by atoms with Crippen molar-refractivity contribution >= 4 is 5.91 Å². The standard InChI is InChI=1S/C20H23NO4/c1-25-19-8-3-2-7-17(19)14-5-4-6-15(11-14)20(24)21-10-9-16(13-22)18(23)12-21/h2-8,11,16,18,22-23H,9-10,12-13H2,1H3/t16-,18-/m1/s1. The lowest BCUT2D eigenvalue weighted by Crippen LogP contribution is -2.47. The van der Waals surface area contributed by atoms with Gasteiger partial charge < -0.3 is 19.8 Å². The van der Waals surface area contributed by atoms with Gasteiger partial charge in [-0.25, -0.2) is 0 Å². The van der Waals surface area contributed by atoms with Gasteiger partial charge in [-0.1, -0.05) is 30.3 Å². The minimum absolute atomic E-state index is 0.0491. The molecule has 0 aromatic heterocycles. The number of rotatable bonds is 4. The van der Waals surface area contributed by atoms with E-state index in [-0.39, 0.29) is 25.0 Å². The molecule has 0 aliphatic carbocycles. The van der Waals surface area contributed by atoms with E-state index in [9.17, 15) is 15.0 Å². The second-order valence-corrected chi connectivity index (χ2v) is 6.33. The Kier molecular flexibility index (Phi) is 5.36. The van der Waals surface area contributed by atoms with E-state index in [1.165, 1.54) is 0 Å². The third-order valence-corrected chi connectivity index (χ3v) is 4.77. The van der Waals surface area contributed by atoms with Crippen LogP contribution in [-0.2, 0) is 0 Å². The van der Waals surface area contributed by atoms with Gasteiger partial charge in [-0.05, 0) is 30.2 Å². The van der Waals surface area contributed by atoms with Gasteiger partial charge in [-0.3, -0.25) is 4.79 Å². The third-order valence-electron chi connectivity index (χ3n) is 4.77. The van der Waals surface area contributed by atoms with Crippen LogP contribution in [0.15, 0.2) is 48.5 Å². The molecule has 0 bridgehead atoms. The van der Waals surface area contributed by atoms with Crippen LogP contribution in [0.5, 0.6) is 5.75 Å². The predicted octanol–water partition coefficient (Wildman–Crippen LogP) is 2.18. The van der Waals surface area contributed by atoms with E-state index in [2.05, 4.69) is 0 Å². The minimum atomic E-state index is -0.680. The molecule has 3 rings (SSSR count). The molecule has 0 spiro atoms. The molecule has 2 aromatic carbocycles. The van der Waals surface area contributed by atoms with Crippen molar-refractivity contribution in [1.29, 1.82) is 0 Å². The highest BCUT2D eigenvalue weighted by Gasteiger charge is 2.30. The number of carbonyl (C=O) groups excluding carboxylic acids is 1. The molecule has 1 aliphatic heterocycles. The lowest BCUT2D eigenvalue weighted by atomic mass is 9.94. The van der Waals surface area contributed by atoms with E-state index in [0.717, 1.165) is 16.9 Å². The molecule has 1 saturated heterocycles. The van der Waals surface area contributed by atoms with Crippen LogP contribution >= 0.6 is 0 Å². The van der Waals surface area contributed by atoms with Gasteiger partial charge in [0.2, 0.25) is 0 Å². The first-order chi connectivity index (χ1) is 12.1. The normalized spacial score (nSPS) is 20.4. The van der Waals surface area contributed by atoms with Gasteiger partial charge in [-0.2, -0.15) is 0 Å². The monoisotopic (exact) mass is 341 g/mol. The summed E-state index contributed by atoms with van der Waals surface area (Å²) < 4.78 is 5.40. The third kappa shape index (κ3) is 3.67. The Morgan fingerprint density at radius 3 is 2.76 bits per heavy atom. The van der Waals surface area contributed by atoms with Crippen LogP contribution in [0.4, 0.5) is 0 Å². The Hall–Kier alpha value is -2.37. The topological polar surface area (TPSA) is 70.0 Å². The molecule has 5 heteroatoms. The first-order valence-electron chi connectivity index (χ1n) is 8.45. The number of piperidine rings is 1. The van der Waals surface area contributed by atoms with E-state index in [4.69, 9.17) is 4.74 Å². The van der Waals surface area contributed by atoms with E-state index in [1.54, 1.807) is 18.1 Å². The highest BCUT2D eigenvalue weighted by molar-refractivity contribution is 5.95. The van der Waals surface area contributed by atoms with Crippen molar-refractivity contribution in [3.63, 3.8) is 0 Å². The lowest BCUT2D eigenvalue weighted by Gasteiger charge is -2.35. The highest BCUT2D eigenvalue weighted by atomic mass is 16.5. The molecular weight excluding hydrogens is 318 g/mol. The van der Waals surface area contributed by atoms with Gasteiger partial charge in [-0.15, -0.1) is 0 Å². The average Bonchev–Trinajstić information content (AvgIpc) is 2.67. The summed E-state index contributed by atoms with van der Waals surface area (Å²) in [6, 6.07) is 15.1. The number of β-amino-alcohol motifs (C(OH)–C–C–N with tert-alkyl or cyclic N) is 1. The lowest BCUT2D eigenvalue weighted by molar-refractivity contribution is 0.000879. The SMILES string of the molecule is COc1ccccc1-c1cccc(C(=O)N2CC[C@H](CO)[C@H](O)C2)c1. The average molecular weight is 341 g/mol. The largest absolute Gasteiger partial charge is 0.496 e. The fraction of sp³-hybridized carbons (Fsp3) is 0.350. The Labute approximate surface area is 147 Å². The molecule has 5 nitrogen and oxygen atoms in total. The second kappa shape index (κ2) is 7.68. The summed E-state index contributed by atoms with van der Waals surface area (Å²) in [4.78, 5) is 14.5. The van der Waals surface area contributed by atoms with Crippen molar-refractivity contribution in [3.8, 4) is 16.9 Å². The Morgan fingerprint density at radius 1 is 1.24 bits per heavy atom. The highest BCUT2D eigenvalue weighted by Crippen LogP contribution is 2.30. The van der Waals surface area contributed by atoms with Crippen molar-refractivity contribution in [2.24, 2.45) is 5.92 Å². The molecule has 2 N–H and O–H groups in total. The number of hydrogen-bond acceptors (Lipinski definition) is 4. The summed E-state index contributed by atoms with van der Waals surface area (Å²) in [5.41, 5.74) is 2.42. The molecule has 0 saturated carbocycles. The smallest absolute Gasteiger partial charge is 0.253 e. The van der Waals surface area contributed by atoms with Crippen molar-refractivity contribution in [2.45, 2.75) is 12.5 Å². The number of amides is 1. The molecule has 0 radical (unpaired) electrons. The zero-order valence-electron chi connectivity index (χ0n) is 14.3. The summed E-state index contributed by atoms with van der Waals surface area (Å²) in [5.74, 6) is 0.502. The zero-order chi connectivity index (χ0) is 17.8. The number of para-hydroxylation sites is 1. The fourth-order valence-corrected chi connectivity index (χ4v) is 3.26. The molecule has 1 heterocycles. The number of hydrogen-bond donors (Lipinski definition) is 2. The summed E-state index contributed by atoms with van der Waals surface area (Å²) >= 11 is 0. The second-order valence-electron chi connectivity index (χ2n) is 6.33. The molecule has 2 atom stereocenters. The van der Waals surface area contributed by atoms with Crippen LogP contribution in [0.2, 0.25) is 0 Å². The molecule has 132 valence electrons. The van der Waals surface area contributed by atoms with Crippen LogP contribution in [0.3, 0.4) is 0 Å². The number of methoxy groups -OCH3 is 1. The first-order valence-corrected chi connectivity index (χ1v) is 8.45. The molecule has 25 heavy (non-hydrogen) atoms. The van der Waals surface area contributed by atoms with E-state index in [0.29, 0.717) is 18.5 Å². The van der Waals surface area contributed by atoms with E-state index < -0.39 is 6.10 Å². The predicted molar refractivity (Wildman–Crippen MR) is 95.5 cm³/mol. The van der Waals surface area contributed by atoms with Crippen LogP contribution in [0, 0.1) is 5.92 Å². The van der Waals surface area contributed by atoms with Crippen LogP contribution in [0.1, 0.15) is 16.8 Å². The number of aliphatic hydroxyl groups excluding tert-OH is 2. The van der Waals surface area contributed by atoms with Crippen molar-refractivity contribution in [3.05, 3.63) is 54.1 Å². The molecule has 1 fully saturated rings. The molecule has 1 aliphatic rings. The van der Waals surface area contributed by atoms with Crippen molar-refractivity contribution in [1.82, 2.24) is 4.90 Å². The summed E-state index contributed by atoms with van der Waals surface area (Å²) in [6.45, 7) is 0.745. The van der Waals surface area contributed by atoms with Gasteiger partial charge in [0.25, 0.3) is 5.91 Å². The zero-order valence-corrected chi connectivity index (χ0v) is 14.3. The molecule has 2 aromatic rings. The maximum atomic E-state index is 12.8. The summed E-state index contributed by atoms with van der Waals surface area (Å²) in [5, 5.41) is 19.3. The molecular formula is C20H23NO4. The number of likely N-dealkylation sites (tertiary alicyclic amines) is 1. The Balaban J connectivity index is 1.83. The number of nitrogens with zero attached hydrogens (tertiary/aromatic N) is 1. The summed E-state index contributed by atoms with van der Waals surface area (Å²) in [6.07, 6.45) is -0.0737. The van der Waals surface area contributed by atoms with E-state index >= 15 is 0 Å². The van der Waals surface area contributed by atoms with Gasteiger partial charge in [0, 0.05) is 36.7 Å². The first kappa shape index (κ1) is 17.5.